The molecule has 1 heterocycles. The summed E-state index contributed by atoms with van der Waals surface area (Å²) in [6.07, 6.45) is 4.70. The maximum absolute atomic E-state index is 12.2. The van der Waals surface area contributed by atoms with Gasteiger partial charge in [0.05, 0.1) is 0 Å². The van der Waals surface area contributed by atoms with E-state index in [1.165, 1.54) is 0 Å². The number of likely N-dealkylation sites (tertiary alicyclic amines) is 1. The number of anilines is 1. The van der Waals surface area contributed by atoms with Crippen LogP contribution in [0.1, 0.15) is 38.2 Å². The Morgan fingerprint density at radius 3 is 2.84 bits per heavy atom. The van der Waals surface area contributed by atoms with Gasteiger partial charge in [0.1, 0.15) is 0 Å². The topological polar surface area (TPSA) is 46.3 Å². The fourth-order valence-electron chi connectivity index (χ4n) is 2.74. The smallest absolute Gasteiger partial charge is 0.223 e. The number of para-hydroxylation sites is 1. The molecule has 0 aliphatic carbocycles. The third-order valence-corrected chi connectivity index (χ3v) is 3.83. The van der Waals surface area contributed by atoms with Crippen molar-refractivity contribution in [2.45, 2.75) is 45.1 Å². The van der Waals surface area contributed by atoms with Gasteiger partial charge in [-0.2, -0.15) is 0 Å². The van der Waals surface area contributed by atoms with Gasteiger partial charge in [-0.05, 0) is 37.3 Å². The van der Waals surface area contributed by atoms with Crippen molar-refractivity contribution in [3.63, 3.8) is 0 Å². The molecule has 1 aromatic rings. The van der Waals surface area contributed by atoms with Gasteiger partial charge in [-0.3, -0.25) is 4.79 Å². The molecule has 0 bridgehead atoms. The molecule has 1 amide bonds. The van der Waals surface area contributed by atoms with Crippen LogP contribution in [0.3, 0.4) is 0 Å². The van der Waals surface area contributed by atoms with Crippen LogP contribution in [0.5, 0.6) is 0 Å². The first-order valence-corrected chi connectivity index (χ1v) is 6.85. The zero-order valence-corrected chi connectivity index (χ0v) is 12.3. The summed E-state index contributed by atoms with van der Waals surface area (Å²) in [5, 5.41) is 0. The molecular weight excluding hydrogens is 260 g/mol. The van der Waals surface area contributed by atoms with E-state index in [1.54, 1.807) is 0 Å². The zero-order chi connectivity index (χ0) is 13.0. The van der Waals surface area contributed by atoms with Crippen molar-refractivity contribution < 1.29 is 4.79 Å². The Kier molecular flexibility index (Phi) is 6.16. The van der Waals surface area contributed by atoms with Crippen molar-refractivity contribution in [3.05, 3.63) is 29.8 Å². The molecule has 1 aromatic carbocycles. The first-order chi connectivity index (χ1) is 8.72. The lowest BCUT2D eigenvalue weighted by Crippen LogP contribution is -2.35. The molecule has 4 heteroatoms. The van der Waals surface area contributed by atoms with Gasteiger partial charge in [0.15, 0.2) is 0 Å². The van der Waals surface area contributed by atoms with Crippen molar-refractivity contribution >= 4 is 24.0 Å². The summed E-state index contributed by atoms with van der Waals surface area (Å²) in [6, 6.07) is 8.26. The van der Waals surface area contributed by atoms with Gasteiger partial charge in [-0.25, -0.2) is 0 Å². The van der Waals surface area contributed by atoms with Gasteiger partial charge in [-0.15, -0.1) is 12.4 Å². The van der Waals surface area contributed by atoms with Gasteiger partial charge < -0.3 is 10.6 Å². The number of amides is 1. The number of aryl methyl sites for hydroxylation is 1. The third-order valence-electron chi connectivity index (χ3n) is 3.83. The molecule has 1 aliphatic rings. The highest BCUT2D eigenvalue weighted by atomic mass is 35.5. The predicted molar refractivity (Wildman–Crippen MR) is 81.4 cm³/mol. The summed E-state index contributed by atoms with van der Waals surface area (Å²) in [4.78, 5) is 14.2. The summed E-state index contributed by atoms with van der Waals surface area (Å²) in [7, 11) is 0. The second-order valence-corrected chi connectivity index (χ2v) is 4.99. The molecule has 0 saturated carbocycles. The Balaban J connectivity index is 0.00000180. The van der Waals surface area contributed by atoms with Crippen molar-refractivity contribution in [3.8, 4) is 0 Å². The predicted octanol–water partition coefficient (Wildman–Crippen LogP) is 3.02. The van der Waals surface area contributed by atoms with E-state index in [9.17, 15) is 4.79 Å². The minimum absolute atomic E-state index is 0. The first-order valence-electron chi connectivity index (χ1n) is 6.85. The van der Waals surface area contributed by atoms with Gasteiger partial charge >= 0.3 is 0 Å². The number of nitrogens with two attached hydrogens (primary N) is 1. The molecule has 2 rings (SSSR count). The Morgan fingerprint density at radius 2 is 2.16 bits per heavy atom. The standard InChI is InChI=1S/C15H22N2O.ClH/c1-2-13-7-5-11-17(13)15(18)10-9-12-6-3-4-8-14(12)16;/h3-4,6,8,13H,2,5,7,9-11,16H2,1H3;1H. The Labute approximate surface area is 121 Å². The van der Waals surface area contributed by atoms with E-state index in [4.69, 9.17) is 5.73 Å². The summed E-state index contributed by atoms with van der Waals surface area (Å²) >= 11 is 0. The molecule has 3 nitrogen and oxygen atoms in total. The number of nitrogens with zero attached hydrogens (tertiary/aromatic N) is 1. The van der Waals surface area contributed by atoms with Gasteiger partial charge in [-0.1, -0.05) is 25.1 Å². The summed E-state index contributed by atoms with van der Waals surface area (Å²) < 4.78 is 0. The average Bonchev–Trinajstić information content (AvgIpc) is 2.86. The average molecular weight is 283 g/mol. The van der Waals surface area contributed by atoms with E-state index in [0.717, 1.165) is 43.5 Å². The molecule has 2 N–H and O–H groups in total. The minimum Gasteiger partial charge on any atom is -0.399 e. The normalized spacial score (nSPS) is 18.2. The molecule has 1 atom stereocenters. The minimum atomic E-state index is 0. The molecule has 1 aliphatic heterocycles. The molecule has 19 heavy (non-hydrogen) atoms. The van der Waals surface area contributed by atoms with E-state index in [1.807, 2.05) is 24.3 Å². The Morgan fingerprint density at radius 1 is 1.42 bits per heavy atom. The largest absolute Gasteiger partial charge is 0.399 e. The quantitative estimate of drug-likeness (QED) is 0.863. The fourth-order valence-corrected chi connectivity index (χ4v) is 2.74. The van der Waals surface area contributed by atoms with Crippen LogP contribution in [0.2, 0.25) is 0 Å². The van der Waals surface area contributed by atoms with Crippen LogP contribution in [-0.4, -0.2) is 23.4 Å². The second kappa shape index (κ2) is 7.39. The zero-order valence-electron chi connectivity index (χ0n) is 11.5. The van der Waals surface area contributed by atoms with Crippen LogP contribution in [-0.2, 0) is 11.2 Å². The number of benzene rings is 1. The molecule has 1 saturated heterocycles. The third kappa shape index (κ3) is 3.87. The van der Waals surface area contributed by atoms with Crippen LogP contribution in [0, 0.1) is 0 Å². The number of carbonyl (C=O) groups is 1. The Bertz CT molecular complexity index is 422. The summed E-state index contributed by atoms with van der Waals surface area (Å²) in [5.74, 6) is 0.280. The van der Waals surface area contributed by atoms with Crippen LogP contribution in [0.4, 0.5) is 5.69 Å². The van der Waals surface area contributed by atoms with Crippen LogP contribution >= 0.6 is 12.4 Å². The van der Waals surface area contributed by atoms with Gasteiger partial charge in [0, 0.05) is 24.7 Å². The van der Waals surface area contributed by atoms with E-state index >= 15 is 0 Å². The SMILES string of the molecule is CCC1CCCN1C(=O)CCc1ccccc1N.Cl. The maximum atomic E-state index is 12.2. The van der Waals surface area contributed by atoms with E-state index < -0.39 is 0 Å². The number of rotatable bonds is 4. The van der Waals surface area contributed by atoms with Gasteiger partial charge in [0.25, 0.3) is 0 Å². The fraction of sp³-hybridized carbons (Fsp3) is 0.533. The lowest BCUT2D eigenvalue weighted by atomic mass is 10.1. The number of hydrogen-bond donors (Lipinski definition) is 1. The molecule has 106 valence electrons. The van der Waals surface area contributed by atoms with Crippen LogP contribution in [0.15, 0.2) is 24.3 Å². The van der Waals surface area contributed by atoms with E-state index in [0.29, 0.717) is 12.5 Å². The van der Waals surface area contributed by atoms with Crippen molar-refractivity contribution in [2.75, 3.05) is 12.3 Å². The van der Waals surface area contributed by atoms with Crippen molar-refractivity contribution in [2.24, 2.45) is 0 Å². The first kappa shape index (κ1) is 15.8. The molecule has 0 radical (unpaired) electrons. The lowest BCUT2D eigenvalue weighted by Gasteiger charge is -2.23. The van der Waals surface area contributed by atoms with Crippen molar-refractivity contribution in [1.29, 1.82) is 0 Å². The highest BCUT2D eigenvalue weighted by Gasteiger charge is 2.26. The lowest BCUT2D eigenvalue weighted by molar-refractivity contribution is -0.132. The number of carbonyl (C=O) groups excluding carboxylic acids is 1. The van der Waals surface area contributed by atoms with Crippen LogP contribution < -0.4 is 5.73 Å². The van der Waals surface area contributed by atoms with Gasteiger partial charge in [0.2, 0.25) is 5.91 Å². The van der Waals surface area contributed by atoms with Crippen LogP contribution in [0.25, 0.3) is 0 Å². The number of halogens is 1. The highest BCUT2D eigenvalue weighted by Crippen LogP contribution is 2.21. The number of nitrogen functional groups attached to an aromatic ring is 1. The molecule has 1 fully saturated rings. The molecule has 1 unspecified atom stereocenters. The molecule has 0 aromatic heterocycles. The number of hydrogen-bond acceptors (Lipinski definition) is 2. The van der Waals surface area contributed by atoms with Crippen molar-refractivity contribution in [1.82, 2.24) is 4.90 Å². The van der Waals surface area contributed by atoms with E-state index in [-0.39, 0.29) is 18.3 Å². The molecule has 0 spiro atoms. The van der Waals surface area contributed by atoms with E-state index in [2.05, 4.69) is 11.8 Å². The second-order valence-electron chi connectivity index (χ2n) is 4.99. The summed E-state index contributed by atoms with van der Waals surface area (Å²) in [5.41, 5.74) is 7.76. The summed E-state index contributed by atoms with van der Waals surface area (Å²) in [6.45, 7) is 3.09. The molecular formula is C15H23ClN2O. The maximum Gasteiger partial charge on any atom is 0.223 e. The highest BCUT2D eigenvalue weighted by molar-refractivity contribution is 5.85. The Hall–Kier alpha value is -1.22. The monoisotopic (exact) mass is 282 g/mol.